The zero-order valence-electron chi connectivity index (χ0n) is 9.15. The van der Waals surface area contributed by atoms with Gasteiger partial charge >= 0.3 is 0 Å². The van der Waals surface area contributed by atoms with Gasteiger partial charge in [-0.15, -0.1) is 0 Å². The lowest BCUT2D eigenvalue weighted by Gasteiger charge is -1.98. The van der Waals surface area contributed by atoms with E-state index in [4.69, 9.17) is 0 Å². The van der Waals surface area contributed by atoms with Crippen molar-refractivity contribution in [1.29, 1.82) is 0 Å². The van der Waals surface area contributed by atoms with E-state index in [9.17, 15) is 0 Å². The summed E-state index contributed by atoms with van der Waals surface area (Å²) >= 11 is 3.43. The Hall–Kier alpha value is -1.34. The first-order valence-corrected chi connectivity index (χ1v) is 6.04. The van der Waals surface area contributed by atoms with Gasteiger partial charge in [0.1, 0.15) is 0 Å². The van der Waals surface area contributed by atoms with Gasteiger partial charge in [-0.25, -0.2) is 0 Å². The highest BCUT2D eigenvalue weighted by Crippen LogP contribution is 2.14. The van der Waals surface area contributed by atoms with Gasteiger partial charge in [-0.3, -0.25) is 0 Å². The lowest BCUT2D eigenvalue weighted by molar-refractivity contribution is 1.45. The second-order valence-electron chi connectivity index (χ2n) is 3.74. The molecule has 0 unspecified atom stereocenters. The van der Waals surface area contributed by atoms with Crippen molar-refractivity contribution in [3.8, 4) is 0 Å². The zero-order valence-corrected chi connectivity index (χ0v) is 10.7. The fraction of sp³-hybridized carbons (Fsp3) is 0.0667. The zero-order chi connectivity index (χ0) is 11.4. The molecule has 80 valence electrons. The summed E-state index contributed by atoms with van der Waals surface area (Å²) in [7, 11) is 0. The van der Waals surface area contributed by atoms with Crippen LogP contribution in [0, 0.1) is 6.92 Å². The minimum Gasteiger partial charge on any atom is -0.0620 e. The van der Waals surface area contributed by atoms with Crippen molar-refractivity contribution in [2.24, 2.45) is 0 Å². The van der Waals surface area contributed by atoms with Crippen molar-refractivity contribution >= 4 is 28.1 Å². The van der Waals surface area contributed by atoms with Gasteiger partial charge in [-0.05, 0) is 35.7 Å². The Bertz CT molecular complexity index is 495. The maximum absolute atomic E-state index is 3.43. The van der Waals surface area contributed by atoms with Crippen LogP contribution in [0.4, 0.5) is 0 Å². The van der Waals surface area contributed by atoms with E-state index in [1.165, 1.54) is 16.7 Å². The first kappa shape index (κ1) is 11.2. The third-order valence-corrected chi connectivity index (χ3v) is 3.04. The molecule has 1 heteroatoms. The van der Waals surface area contributed by atoms with Crippen LogP contribution in [0.2, 0.25) is 0 Å². The predicted octanol–water partition coefficient (Wildman–Crippen LogP) is 4.93. The van der Waals surface area contributed by atoms with E-state index in [1.54, 1.807) is 0 Å². The van der Waals surface area contributed by atoms with Gasteiger partial charge in [0.15, 0.2) is 0 Å². The second kappa shape index (κ2) is 5.13. The first-order valence-electron chi connectivity index (χ1n) is 5.25. The lowest BCUT2D eigenvalue weighted by atomic mass is 10.1. The van der Waals surface area contributed by atoms with Crippen molar-refractivity contribution in [1.82, 2.24) is 0 Å². The summed E-state index contributed by atoms with van der Waals surface area (Å²) in [4.78, 5) is 0. The molecule has 0 nitrogen and oxygen atoms in total. The Balaban J connectivity index is 2.21. The molecule has 0 radical (unpaired) electrons. The van der Waals surface area contributed by atoms with Crippen molar-refractivity contribution < 1.29 is 0 Å². The molecule has 0 saturated carbocycles. The standard InChI is InChI=1S/C15H13Br/c1-12-4-2-3-5-14(12)9-6-13-7-10-15(16)11-8-13/h2-11H,1H3/b9-6+. The van der Waals surface area contributed by atoms with Crippen LogP contribution in [0.5, 0.6) is 0 Å². The Morgan fingerprint density at radius 1 is 0.875 bits per heavy atom. The molecule has 0 aliphatic carbocycles. The monoisotopic (exact) mass is 272 g/mol. The van der Waals surface area contributed by atoms with E-state index in [2.05, 4.69) is 83.5 Å². The molecule has 0 bridgehead atoms. The van der Waals surface area contributed by atoms with Gasteiger partial charge in [0.25, 0.3) is 0 Å². The van der Waals surface area contributed by atoms with Crippen molar-refractivity contribution in [3.05, 3.63) is 69.7 Å². The van der Waals surface area contributed by atoms with Crippen molar-refractivity contribution in [3.63, 3.8) is 0 Å². The third kappa shape index (κ3) is 2.83. The van der Waals surface area contributed by atoms with E-state index >= 15 is 0 Å². The topological polar surface area (TPSA) is 0 Å². The summed E-state index contributed by atoms with van der Waals surface area (Å²) in [6.45, 7) is 2.13. The Morgan fingerprint density at radius 2 is 1.56 bits per heavy atom. The highest BCUT2D eigenvalue weighted by molar-refractivity contribution is 9.10. The van der Waals surface area contributed by atoms with Crippen LogP contribution >= 0.6 is 15.9 Å². The Morgan fingerprint density at radius 3 is 2.25 bits per heavy atom. The molecule has 0 heterocycles. The average Bonchev–Trinajstić information content (AvgIpc) is 2.30. The summed E-state index contributed by atoms with van der Waals surface area (Å²) in [5.74, 6) is 0. The molecule has 16 heavy (non-hydrogen) atoms. The molecular weight excluding hydrogens is 260 g/mol. The minimum absolute atomic E-state index is 1.11. The van der Waals surface area contributed by atoms with Gasteiger partial charge in [-0.1, -0.05) is 64.5 Å². The van der Waals surface area contributed by atoms with Crippen LogP contribution in [-0.4, -0.2) is 0 Å². The van der Waals surface area contributed by atoms with Crippen molar-refractivity contribution in [2.75, 3.05) is 0 Å². The second-order valence-corrected chi connectivity index (χ2v) is 4.66. The molecule has 0 aromatic heterocycles. The van der Waals surface area contributed by atoms with Crippen LogP contribution in [-0.2, 0) is 0 Å². The fourth-order valence-corrected chi connectivity index (χ4v) is 1.80. The molecule has 0 fully saturated rings. The summed E-state index contributed by atoms with van der Waals surface area (Å²) in [6.07, 6.45) is 4.29. The van der Waals surface area contributed by atoms with Crippen LogP contribution in [0.25, 0.3) is 12.2 Å². The SMILES string of the molecule is Cc1ccccc1/C=C/c1ccc(Br)cc1. The maximum Gasteiger partial charge on any atom is 0.0175 e. The van der Waals surface area contributed by atoms with E-state index in [0.717, 1.165) is 4.47 Å². The molecule has 0 aliphatic rings. The third-order valence-electron chi connectivity index (χ3n) is 2.51. The molecule has 2 aromatic carbocycles. The maximum atomic E-state index is 3.43. The van der Waals surface area contributed by atoms with Crippen molar-refractivity contribution in [2.45, 2.75) is 6.92 Å². The normalized spacial score (nSPS) is 10.9. The van der Waals surface area contributed by atoms with E-state index in [0.29, 0.717) is 0 Å². The number of aryl methyl sites for hydroxylation is 1. The molecule has 0 amide bonds. The Kier molecular flexibility index (Phi) is 3.58. The van der Waals surface area contributed by atoms with Crippen LogP contribution in [0.15, 0.2) is 53.0 Å². The summed E-state index contributed by atoms with van der Waals surface area (Å²) in [5, 5.41) is 0. The van der Waals surface area contributed by atoms with Gasteiger partial charge in [0.2, 0.25) is 0 Å². The van der Waals surface area contributed by atoms with Crippen LogP contribution in [0.3, 0.4) is 0 Å². The fourth-order valence-electron chi connectivity index (χ4n) is 1.53. The molecule has 0 saturated heterocycles. The van der Waals surface area contributed by atoms with Gasteiger partial charge < -0.3 is 0 Å². The van der Waals surface area contributed by atoms with Crippen LogP contribution in [0.1, 0.15) is 16.7 Å². The number of halogens is 1. The van der Waals surface area contributed by atoms with E-state index in [1.807, 2.05) is 0 Å². The molecule has 0 spiro atoms. The summed E-state index contributed by atoms with van der Waals surface area (Å²) in [6, 6.07) is 16.7. The first-order chi connectivity index (χ1) is 7.75. The molecule has 0 N–H and O–H groups in total. The average molecular weight is 273 g/mol. The minimum atomic E-state index is 1.11. The van der Waals surface area contributed by atoms with Gasteiger partial charge in [0, 0.05) is 4.47 Å². The van der Waals surface area contributed by atoms with E-state index < -0.39 is 0 Å². The molecular formula is C15H13Br. The number of benzene rings is 2. The smallest absolute Gasteiger partial charge is 0.0175 e. The number of hydrogen-bond acceptors (Lipinski definition) is 0. The highest BCUT2D eigenvalue weighted by Gasteiger charge is 1.91. The summed E-state index contributed by atoms with van der Waals surface area (Å²) < 4.78 is 1.11. The number of rotatable bonds is 2. The molecule has 2 aromatic rings. The molecule has 0 atom stereocenters. The largest absolute Gasteiger partial charge is 0.0620 e. The Labute approximate surface area is 105 Å². The summed E-state index contributed by atoms with van der Waals surface area (Å²) in [5.41, 5.74) is 3.78. The lowest BCUT2D eigenvalue weighted by Crippen LogP contribution is -1.78. The van der Waals surface area contributed by atoms with Gasteiger partial charge in [-0.2, -0.15) is 0 Å². The quantitative estimate of drug-likeness (QED) is 0.681. The highest BCUT2D eigenvalue weighted by atomic mass is 79.9. The van der Waals surface area contributed by atoms with Gasteiger partial charge in [0.05, 0.1) is 0 Å². The van der Waals surface area contributed by atoms with Crippen LogP contribution < -0.4 is 0 Å². The molecule has 0 aliphatic heterocycles. The number of hydrogen-bond donors (Lipinski definition) is 0. The molecule has 2 rings (SSSR count). The predicted molar refractivity (Wildman–Crippen MR) is 74.2 cm³/mol. The van der Waals surface area contributed by atoms with E-state index in [-0.39, 0.29) is 0 Å².